The lowest BCUT2D eigenvalue weighted by Crippen LogP contribution is -2.36. The number of rotatable bonds is 4. The third-order valence-electron chi connectivity index (χ3n) is 4.24. The van der Waals surface area contributed by atoms with Crippen molar-refractivity contribution in [2.45, 2.75) is 19.8 Å². The minimum Gasteiger partial charge on any atom is -0.481 e. The van der Waals surface area contributed by atoms with Gasteiger partial charge in [-0.1, -0.05) is 11.6 Å². The summed E-state index contributed by atoms with van der Waals surface area (Å²) in [6.07, 6.45) is 2.98. The highest BCUT2D eigenvalue weighted by Crippen LogP contribution is 2.25. The fourth-order valence-corrected chi connectivity index (χ4v) is 3.06. The lowest BCUT2D eigenvalue weighted by molar-refractivity contribution is -0.142. The van der Waals surface area contributed by atoms with E-state index in [-0.39, 0.29) is 5.92 Å². The van der Waals surface area contributed by atoms with Crippen molar-refractivity contribution in [3.63, 3.8) is 0 Å². The summed E-state index contributed by atoms with van der Waals surface area (Å²) in [5, 5.41) is 13.0. The Kier molecular flexibility index (Phi) is 4.85. The number of carboxylic acid groups (broad SMARTS) is 1. The van der Waals surface area contributed by atoms with Crippen molar-refractivity contribution in [1.29, 1.82) is 0 Å². The van der Waals surface area contributed by atoms with Crippen LogP contribution in [0.15, 0.2) is 30.5 Å². The molecule has 1 fully saturated rings. The van der Waals surface area contributed by atoms with E-state index in [0.717, 1.165) is 17.1 Å². The molecule has 0 unspecified atom stereocenters. The molecule has 1 aromatic carbocycles. The molecule has 7 heteroatoms. The zero-order valence-electron chi connectivity index (χ0n) is 13.4. The molecule has 2 aromatic rings. The maximum absolute atomic E-state index is 11.0. The van der Waals surface area contributed by atoms with Crippen molar-refractivity contribution < 1.29 is 9.90 Å². The number of halogens is 1. The molecule has 1 aliphatic rings. The molecule has 1 aromatic heterocycles. The first-order valence-electron chi connectivity index (χ1n) is 7.87. The fourth-order valence-electron chi connectivity index (χ4n) is 2.83. The summed E-state index contributed by atoms with van der Waals surface area (Å²) in [6, 6.07) is 7.44. The summed E-state index contributed by atoms with van der Waals surface area (Å²) in [6.45, 7) is 3.34. The topological polar surface area (TPSA) is 78.4 Å². The molecule has 0 aliphatic carbocycles. The van der Waals surface area contributed by atoms with Crippen molar-refractivity contribution >= 4 is 35.0 Å². The number of nitrogens with one attached hydrogen (secondary N) is 1. The number of carboxylic acids is 1. The van der Waals surface area contributed by atoms with Crippen LogP contribution in [0.3, 0.4) is 0 Å². The maximum atomic E-state index is 11.0. The molecule has 6 nitrogen and oxygen atoms in total. The molecular weight excluding hydrogens is 328 g/mol. The SMILES string of the molecule is Cc1cc(Cl)ccc1Nc1nccc(N2CCC(C(=O)O)CC2)n1. The number of aryl methyl sites for hydroxylation is 1. The van der Waals surface area contributed by atoms with E-state index < -0.39 is 5.97 Å². The zero-order chi connectivity index (χ0) is 17.1. The first-order valence-corrected chi connectivity index (χ1v) is 8.24. The Hall–Kier alpha value is -2.34. The molecule has 1 saturated heterocycles. The van der Waals surface area contributed by atoms with Crippen LogP contribution in [0.1, 0.15) is 18.4 Å². The summed E-state index contributed by atoms with van der Waals surface area (Å²) in [5.41, 5.74) is 1.92. The molecule has 0 saturated carbocycles. The second kappa shape index (κ2) is 7.05. The highest BCUT2D eigenvalue weighted by Gasteiger charge is 2.25. The van der Waals surface area contributed by atoms with Crippen LogP contribution >= 0.6 is 11.6 Å². The Balaban J connectivity index is 1.71. The van der Waals surface area contributed by atoms with Gasteiger partial charge in [-0.15, -0.1) is 0 Å². The molecule has 0 atom stereocenters. The Bertz CT molecular complexity index is 745. The predicted molar refractivity (Wildman–Crippen MR) is 94.1 cm³/mol. The number of nitrogens with zero attached hydrogens (tertiary/aromatic N) is 3. The number of hydrogen-bond donors (Lipinski definition) is 2. The van der Waals surface area contributed by atoms with Gasteiger partial charge < -0.3 is 15.3 Å². The van der Waals surface area contributed by atoms with E-state index in [1.165, 1.54) is 0 Å². The first-order chi connectivity index (χ1) is 11.5. The molecule has 0 bridgehead atoms. The van der Waals surface area contributed by atoms with Crippen molar-refractivity contribution in [3.8, 4) is 0 Å². The molecule has 1 aliphatic heterocycles. The maximum Gasteiger partial charge on any atom is 0.306 e. The Morgan fingerprint density at radius 2 is 2.08 bits per heavy atom. The number of aliphatic carboxylic acids is 1. The van der Waals surface area contributed by atoms with E-state index in [9.17, 15) is 4.79 Å². The lowest BCUT2D eigenvalue weighted by atomic mass is 9.97. The van der Waals surface area contributed by atoms with E-state index in [1.807, 2.05) is 31.2 Å². The molecule has 3 rings (SSSR count). The molecule has 126 valence electrons. The summed E-state index contributed by atoms with van der Waals surface area (Å²) in [5.74, 6) is 0.358. The van der Waals surface area contributed by atoms with Crippen LogP contribution in [0, 0.1) is 12.8 Å². The van der Waals surface area contributed by atoms with Gasteiger partial charge >= 0.3 is 5.97 Å². The van der Waals surface area contributed by atoms with Crippen LogP contribution in [0.25, 0.3) is 0 Å². The van der Waals surface area contributed by atoms with Crippen molar-refractivity contribution in [3.05, 3.63) is 41.0 Å². The quantitative estimate of drug-likeness (QED) is 0.882. The Morgan fingerprint density at radius 1 is 1.33 bits per heavy atom. The van der Waals surface area contributed by atoms with Crippen molar-refractivity contribution in [1.82, 2.24) is 9.97 Å². The molecular formula is C17H19ClN4O2. The van der Waals surface area contributed by atoms with Crippen molar-refractivity contribution in [2.24, 2.45) is 5.92 Å². The second-order valence-electron chi connectivity index (χ2n) is 5.92. The Morgan fingerprint density at radius 3 is 2.75 bits per heavy atom. The van der Waals surface area contributed by atoms with Gasteiger partial charge in [0.25, 0.3) is 0 Å². The van der Waals surface area contributed by atoms with Gasteiger partial charge in [0.1, 0.15) is 5.82 Å². The van der Waals surface area contributed by atoms with E-state index in [4.69, 9.17) is 16.7 Å². The van der Waals surface area contributed by atoms with Gasteiger partial charge in [-0.05, 0) is 49.6 Å². The van der Waals surface area contributed by atoms with Crippen LogP contribution in [0.4, 0.5) is 17.5 Å². The second-order valence-corrected chi connectivity index (χ2v) is 6.36. The minimum absolute atomic E-state index is 0.252. The summed E-state index contributed by atoms with van der Waals surface area (Å²) in [7, 11) is 0. The molecule has 0 amide bonds. The van der Waals surface area contributed by atoms with Crippen LogP contribution in [0.5, 0.6) is 0 Å². The van der Waals surface area contributed by atoms with Gasteiger partial charge in [0.05, 0.1) is 5.92 Å². The minimum atomic E-state index is -0.710. The summed E-state index contributed by atoms with van der Waals surface area (Å²) >= 11 is 5.97. The van der Waals surface area contributed by atoms with Crippen LogP contribution in [0.2, 0.25) is 5.02 Å². The van der Waals surface area contributed by atoms with E-state index in [1.54, 1.807) is 6.20 Å². The number of benzene rings is 1. The van der Waals surface area contributed by atoms with Gasteiger partial charge in [-0.3, -0.25) is 4.79 Å². The van der Waals surface area contributed by atoms with E-state index in [0.29, 0.717) is 36.9 Å². The summed E-state index contributed by atoms with van der Waals surface area (Å²) in [4.78, 5) is 22.0. The van der Waals surface area contributed by atoms with Gasteiger partial charge in [0.15, 0.2) is 0 Å². The predicted octanol–water partition coefficient (Wildman–Crippen LogP) is 3.48. The van der Waals surface area contributed by atoms with Gasteiger partial charge in [0.2, 0.25) is 5.95 Å². The highest BCUT2D eigenvalue weighted by molar-refractivity contribution is 6.30. The van der Waals surface area contributed by atoms with Gasteiger partial charge in [0, 0.05) is 30.0 Å². The van der Waals surface area contributed by atoms with Crippen LogP contribution in [-0.4, -0.2) is 34.1 Å². The number of anilines is 3. The van der Waals surface area contributed by atoms with E-state index in [2.05, 4.69) is 20.2 Å². The number of aromatic nitrogens is 2. The number of piperidine rings is 1. The zero-order valence-corrected chi connectivity index (χ0v) is 14.1. The average Bonchev–Trinajstić information content (AvgIpc) is 2.58. The monoisotopic (exact) mass is 346 g/mol. The standard InChI is InChI=1S/C17H19ClN4O2/c1-11-10-13(18)2-3-14(11)20-17-19-7-4-15(21-17)22-8-5-12(6-9-22)16(23)24/h2-4,7,10,12H,5-6,8-9H2,1H3,(H,23,24)(H,19,20,21). The molecule has 0 spiro atoms. The third kappa shape index (κ3) is 3.76. The normalized spacial score (nSPS) is 15.3. The van der Waals surface area contributed by atoms with Crippen molar-refractivity contribution in [2.75, 3.05) is 23.3 Å². The molecule has 2 N–H and O–H groups in total. The van der Waals surface area contributed by atoms with Crippen LogP contribution in [-0.2, 0) is 4.79 Å². The molecule has 0 radical (unpaired) electrons. The Labute approximate surface area is 145 Å². The number of hydrogen-bond acceptors (Lipinski definition) is 5. The fraction of sp³-hybridized carbons (Fsp3) is 0.353. The largest absolute Gasteiger partial charge is 0.481 e. The van der Waals surface area contributed by atoms with Crippen LogP contribution < -0.4 is 10.2 Å². The lowest BCUT2D eigenvalue weighted by Gasteiger charge is -2.31. The average molecular weight is 347 g/mol. The summed E-state index contributed by atoms with van der Waals surface area (Å²) < 4.78 is 0. The molecule has 2 heterocycles. The number of carbonyl (C=O) groups is 1. The third-order valence-corrected chi connectivity index (χ3v) is 4.48. The highest BCUT2D eigenvalue weighted by atomic mass is 35.5. The molecule has 24 heavy (non-hydrogen) atoms. The van der Waals surface area contributed by atoms with Gasteiger partial charge in [-0.2, -0.15) is 4.98 Å². The first kappa shape index (κ1) is 16.5. The van der Waals surface area contributed by atoms with Gasteiger partial charge in [-0.25, -0.2) is 4.98 Å². The smallest absolute Gasteiger partial charge is 0.306 e. The van der Waals surface area contributed by atoms with E-state index >= 15 is 0 Å².